The SMILES string of the molecule is CCOc1cc(C)c(CCC(O)C(C)N)cc1C. The van der Waals surface area contributed by atoms with Crippen molar-refractivity contribution in [1.82, 2.24) is 0 Å². The molecule has 0 aromatic heterocycles. The Balaban J connectivity index is 2.75. The summed E-state index contributed by atoms with van der Waals surface area (Å²) in [5.74, 6) is 0.950. The molecule has 3 nitrogen and oxygen atoms in total. The van der Waals surface area contributed by atoms with E-state index in [2.05, 4.69) is 26.0 Å². The smallest absolute Gasteiger partial charge is 0.122 e. The van der Waals surface area contributed by atoms with E-state index in [4.69, 9.17) is 10.5 Å². The molecule has 18 heavy (non-hydrogen) atoms. The van der Waals surface area contributed by atoms with Crippen molar-refractivity contribution in [2.75, 3.05) is 6.61 Å². The quantitative estimate of drug-likeness (QED) is 0.816. The van der Waals surface area contributed by atoms with Crippen LogP contribution in [-0.4, -0.2) is 23.9 Å². The van der Waals surface area contributed by atoms with Gasteiger partial charge in [0.05, 0.1) is 12.7 Å². The molecular formula is C15H25NO2. The van der Waals surface area contributed by atoms with Gasteiger partial charge in [-0.2, -0.15) is 0 Å². The Morgan fingerprint density at radius 1 is 1.28 bits per heavy atom. The van der Waals surface area contributed by atoms with Gasteiger partial charge >= 0.3 is 0 Å². The Morgan fingerprint density at radius 2 is 1.94 bits per heavy atom. The molecule has 0 aliphatic heterocycles. The number of aliphatic hydroxyl groups excluding tert-OH is 1. The van der Waals surface area contributed by atoms with Gasteiger partial charge in [-0.1, -0.05) is 6.07 Å². The maximum Gasteiger partial charge on any atom is 0.122 e. The lowest BCUT2D eigenvalue weighted by atomic mass is 9.97. The van der Waals surface area contributed by atoms with Crippen LogP contribution in [0, 0.1) is 13.8 Å². The molecule has 0 aliphatic rings. The third-order valence-corrected chi connectivity index (χ3v) is 3.25. The fourth-order valence-electron chi connectivity index (χ4n) is 2.00. The number of hydrogen-bond donors (Lipinski definition) is 2. The molecule has 0 saturated carbocycles. The summed E-state index contributed by atoms with van der Waals surface area (Å²) in [6, 6.07) is 4.05. The van der Waals surface area contributed by atoms with Crippen LogP contribution in [-0.2, 0) is 6.42 Å². The third kappa shape index (κ3) is 4.00. The topological polar surface area (TPSA) is 55.5 Å². The highest BCUT2D eigenvalue weighted by Gasteiger charge is 2.11. The second-order valence-electron chi connectivity index (χ2n) is 4.94. The van der Waals surface area contributed by atoms with E-state index in [0.717, 1.165) is 17.7 Å². The minimum absolute atomic E-state index is 0.172. The molecule has 1 aromatic rings. The van der Waals surface area contributed by atoms with Crippen molar-refractivity contribution in [3.63, 3.8) is 0 Å². The summed E-state index contributed by atoms with van der Waals surface area (Å²) < 4.78 is 5.57. The van der Waals surface area contributed by atoms with Crippen molar-refractivity contribution in [2.24, 2.45) is 5.73 Å². The summed E-state index contributed by atoms with van der Waals surface area (Å²) in [4.78, 5) is 0. The van der Waals surface area contributed by atoms with E-state index in [1.54, 1.807) is 0 Å². The van der Waals surface area contributed by atoms with Gasteiger partial charge in [0.2, 0.25) is 0 Å². The molecule has 3 N–H and O–H groups in total. The van der Waals surface area contributed by atoms with Crippen LogP contribution in [0.15, 0.2) is 12.1 Å². The van der Waals surface area contributed by atoms with E-state index < -0.39 is 6.10 Å². The predicted molar refractivity (Wildman–Crippen MR) is 75.1 cm³/mol. The molecule has 0 spiro atoms. The number of rotatable bonds is 6. The summed E-state index contributed by atoms with van der Waals surface area (Å²) in [5, 5.41) is 9.74. The van der Waals surface area contributed by atoms with Crippen LogP contribution >= 0.6 is 0 Å². The average molecular weight is 251 g/mol. The molecule has 2 unspecified atom stereocenters. The molecule has 3 heteroatoms. The molecule has 0 amide bonds. The monoisotopic (exact) mass is 251 g/mol. The van der Waals surface area contributed by atoms with E-state index >= 15 is 0 Å². The van der Waals surface area contributed by atoms with Gasteiger partial charge in [-0.25, -0.2) is 0 Å². The highest BCUT2D eigenvalue weighted by atomic mass is 16.5. The fourth-order valence-corrected chi connectivity index (χ4v) is 2.00. The molecule has 2 atom stereocenters. The van der Waals surface area contributed by atoms with Gasteiger partial charge < -0.3 is 15.6 Å². The zero-order valence-electron chi connectivity index (χ0n) is 11.9. The first-order valence-corrected chi connectivity index (χ1v) is 6.62. The Kier molecular flexibility index (Phi) is 5.63. The van der Waals surface area contributed by atoms with E-state index in [1.165, 1.54) is 11.1 Å². The minimum atomic E-state index is -0.434. The van der Waals surface area contributed by atoms with Crippen molar-refractivity contribution in [1.29, 1.82) is 0 Å². The van der Waals surface area contributed by atoms with Gasteiger partial charge in [0.25, 0.3) is 0 Å². The fraction of sp³-hybridized carbons (Fsp3) is 0.600. The zero-order chi connectivity index (χ0) is 13.7. The second kappa shape index (κ2) is 6.76. The molecule has 0 radical (unpaired) electrons. The Bertz CT molecular complexity index is 388. The zero-order valence-corrected chi connectivity index (χ0v) is 11.9. The second-order valence-corrected chi connectivity index (χ2v) is 4.94. The van der Waals surface area contributed by atoms with Gasteiger partial charge in [0.15, 0.2) is 0 Å². The van der Waals surface area contributed by atoms with Gasteiger partial charge in [0.1, 0.15) is 5.75 Å². The Morgan fingerprint density at radius 3 is 2.50 bits per heavy atom. The Hall–Kier alpha value is -1.06. The number of aryl methyl sites for hydroxylation is 3. The number of nitrogens with two attached hydrogens (primary N) is 1. The molecule has 0 heterocycles. The molecule has 1 rings (SSSR count). The summed E-state index contributed by atoms with van der Waals surface area (Å²) >= 11 is 0. The first-order valence-electron chi connectivity index (χ1n) is 6.62. The first-order chi connectivity index (χ1) is 8.45. The third-order valence-electron chi connectivity index (χ3n) is 3.25. The van der Waals surface area contributed by atoms with Crippen molar-refractivity contribution < 1.29 is 9.84 Å². The van der Waals surface area contributed by atoms with Crippen molar-refractivity contribution in [2.45, 2.75) is 52.7 Å². The molecular weight excluding hydrogens is 226 g/mol. The van der Waals surface area contributed by atoms with Crippen molar-refractivity contribution >= 4 is 0 Å². The average Bonchev–Trinajstić information content (AvgIpc) is 2.31. The predicted octanol–water partition coefficient (Wildman–Crippen LogP) is 2.34. The molecule has 0 bridgehead atoms. The molecule has 1 aromatic carbocycles. The number of benzene rings is 1. The van der Waals surface area contributed by atoms with Gasteiger partial charge in [-0.15, -0.1) is 0 Å². The van der Waals surface area contributed by atoms with E-state index in [0.29, 0.717) is 13.0 Å². The van der Waals surface area contributed by atoms with Gasteiger partial charge in [0, 0.05) is 6.04 Å². The summed E-state index contributed by atoms with van der Waals surface area (Å²) in [6.45, 7) is 8.64. The van der Waals surface area contributed by atoms with E-state index in [1.807, 2.05) is 13.8 Å². The maximum atomic E-state index is 9.74. The summed E-state index contributed by atoms with van der Waals surface area (Å²) in [6.07, 6.45) is 1.12. The van der Waals surface area contributed by atoms with Crippen molar-refractivity contribution in [3.8, 4) is 5.75 Å². The standard InChI is InChI=1S/C15H25NO2/c1-5-18-15-9-10(2)13(8-11(15)3)6-7-14(17)12(4)16/h8-9,12,14,17H,5-7,16H2,1-4H3. The molecule has 0 fully saturated rings. The molecule has 0 saturated heterocycles. The Labute approximate surface area is 110 Å². The van der Waals surface area contributed by atoms with Crippen LogP contribution in [0.3, 0.4) is 0 Å². The van der Waals surface area contributed by atoms with Crippen LogP contribution in [0.5, 0.6) is 5.75 Å². The van der Waals surface area contributed by atoms with Crippen LogP contribution < -0.4 is 10.5 Å². The maximum absolute atomic E-state index is 9.74. The normalized spacial score (nSPS) is 14.3. The largest absolute Gasteiger partial charge is 0.494 e. The van der Waals surface area contributed by atoms with Gasteiger partial charge in [-0.3, -0.25) is 0 Å². The first kappa shape index (κ1) is 15.0. The number of hydrogen-bond acceptors (Lipinski definition) is 3. The summed E-state index contributed by atoms with van der Waals surface area (Å²) in [5.41, 5.74) is 9.28. The lowest BCUT2D eigenvalue weighted by Crippen LogP contribution is -2.31. The highest BCUT2D eigenvalue weighted by molar-refractivity contribution is 5.41. The van der Waals surface area contributed by atoms with Crippen LogP contribution in [0.4, 0.5) is 0 Å². The van der Waals surface area contributed by atoms with Crippen LogP contribution in [0.25, 0.3) is 0 Å². The van der Waals surface area contributed by atoms with E-state index in [-0.39, 0.29) is 6.04 Å². The van der Waals surface area contributed by atoms with Crippen LogP contribution in [0.2, 0.25) is 0 Å². The molecule has 0 aliphatic carbocycles. The number of aliphatic hydroxyl groups is 1. The molecule has 102 valence electrons. The van der Waals surface area contributed by atoms with Crippen LogP contribution in [0.1, 0.15) is 37.0 Å². The number of ether oxygens (including phenoxy) is 1. The summed E-state index contributed by atoms with van der Waals surface area (Å²) in [7, 11) is 0. The lowest BCUT2D eigenvalue weighted by molar-refractivity contribution is 0.141. The minimum Gasteiger partial charge on any atom is -0.494 e. The van der Waals surface area contributed by atoms with E-state index in [9.17, 15) is 5.11 Å². The lowest BCUT2D eigenvalue weighted by Gasteiger charge is -2.16. The van der Waals surface area contributed by atoms with Gasteiger partial charge in [-0.05, 0) is 63.3 Å². The van der Waals surface area contributed by atoms with Crippen molar-refractivity contribution in [3.05, 3.63) is 28.8 Å². The highest BCUT2D eigenvalue weighted by Crippen LogP contribution is 2.24.